The topological polar surface area (TPSA) is 70.6 Å². The number of nitrogens with zero attached hydrogens (tertiary/aromatic N) is 4. The first-order chi connectivity index (χ1) is 21.5. The number of hydrogen-bond donors (Lipinski definition) is 1. The first kappa shape index (κ1) is 31.5. The van der Waals surface area contributed by atoms with Crippen molar-refractivity contribution in [1.82, 2.24) is 19.8 Å². The molecule has 1 N–H and O–H groups in total. The summed E-state index contributed by atoms with van der Waals surface area (Å²) in [7, 11) is 0. The molecular formula is C38H51N5O2. The molecule has 3 unspecified atom stereocenters. The molecule has 45 heavy (non-hydrogen) atoms. The van der Waals surface area contributed by atoms with Gasteiger partial charge in [0.1, 0.15) is 11.9 Å². The van der Waals surface area contributed by atoms with Crippen LogP contribution in [0.3, 0.4) is 0 Å². The van der Waals surface area contributed by atoms with Crippen LogP contribution in [-0.2, 0) is 29.7 Å². The quantitative estimate of drug-likeness (QED) is 0.293. The standard InChI is InChI=1S/C38H51N5O2/c1-25(2)29-16-17-30-33(29)35(41-24-40-30)32-20-38(18-19-42(32)21-27-12-9-8-10-13-27)23-39-31-15-11-14-28(34(31)38)22-43(26(3)4)36(44)45-37(5,6)7/h8-15,24-26,29,32,39H,16-23H2,1-7H3. The molecule has 3 aromatic rings. The summed E-state index contributed by atoms with van der Waals surface area (Å²) < 4.78 is 5.86. The summed E-state index contributed by atoms with van der Waals surface area (Å²) in [5.74, 6) is 1.04. The fourth-order valence-electron chi connectivity index (χ4n) is 8.02. The fourth-order valence-corrected chi connectivity index (χ4v) is 8.02. The van der Waals surface area contributed by atoms with Gasteiger partial charge in [0, 0.05) is 54.6 Å². The second-order valence-electron chi connectivity index (χ2n) is 15.1. The lowest BCUT2D eigenvalue weighted by molar-refractivity contribution is 0.0169. The van der Waals surface area contributed by atoms with Gasteiger partial charge in [-0.15, -0.1) is 0 Å². The number of carbonyl (C=O) groups excluding carboxylic acids is 1. The monoisotopic (exact) mass is 609 g/mol. The van der Waals surface area contributed by atoms with Crippen LogP contribution < -0.4 is 5.32 Å². The molecule has 1 aliphatic carbocycles. The normalized spacial score (nSPS) is 22.9. The molecule has 7 nitrogen and oxygen atoms in total. The number of hydrogen-bond acceptors (Lipinski definition) is 6. The number of aromatic nitrogens is 2. The number of rotatable bonds is 7. The minimum absolute atomic E-state index is 0.0121. The lowest BCUT2D eigenvalue weighted by Crippen LogP contribution is -2.46. The summed E-state index contributed by atoms with van der Waals surface area (Å²) in [4.78, 5) is 27.8. The molecule has 3 heterocycles. The zero-order valence-corrected chi connectivity index (χ0v) is 28.3. The van der Waals surface area contributed by atoms with Gasteiger partial charge in [0.2, 0.25) is 0 Å². The number of amides is 1. The van der Waals surface area contributed by atoms with Crippen LogP contribution >= 0.6 is 0 Å². The van der Waals surface area contributed by atoms with Gasteiger partial charge in [-0.05, 0) is 94.9 Å². The molecule has 0 bridgehead atoms. The van der Waals surface area contributed by atoms with E-state index in [-0.39, 0.29) is 23.6 Å². The molecule has 0 saturated carbocycles. The smallest absolute Gasteiger partial charge is 0.410 e. The van der Waals surface area contributed by atoms with Crippen molar-refractivity contribution < 1.29 is 9.53 Å². The van der Waals surface area contributed by atoms with Crippen molar-refractivity contribution in [2.75, 3.05) is 18.4 Å². The van der Waals surface area contributed by atoms with E-state index in [9.17, 15) is 4.79 Å². The van der Waals surface area contributed by atoms with E-state index in [2.05, 4.69) is 86.4 Å². The Balaban J connectivity index is 1.40. The SMILES string of the molecule is CC(C)C1CCc2ncnc(C3CC4(CCN3Cc3ccccc3)CNc3cccc(CN(C(=O)OC(C)(C)C)C(C)C)c34)c21. The zero-order chi connectivity index (χ0) is 31.9. The number of nitrogens with one attached hydrogen (secondary N) is 1. The number of likely N-dealkylation sites (tertiary alicyclic amines) is 1. The Morgan fingerprint density at radius 2 is 1.87 bits per heavy atom. The fraction of sp³-hybridized carbons (Fsp3) is 0.553. The second kappa shape index (κ2) is 12.4. The van der Waals surface area contributed by atoms with E-state index in [0.717, 1.165) is 45.3 Å². The molecular weight excluding hydrogens is 558 g/mol. The van der Waals surface area contributed by atoms with E-state index in [1.54, 1.807) is 0 Å². The van der Waals surface area contributed by atoms with Crippen molar-refractivity contribution in [1.29, 1.82) is 0 Å². The first-order valence-corrected chi connectivity index (χ1v) is 16.9. The maximum atomic E-state index is 13.4. The van der Waals surface area contributed by atoms with Gasteiger partial charge in [-0.3, -0.25) is 4.90 Å². The van der Waals surface area contributed by atoms with Crippen LogP contribution in [0.2, 0.25) is 0 Å². The highest BCUT2D eigenvalue weighted by Crippen LogP contribution is 2.53. The van der Waals surface area contributed by atoms with Crippen LogP contribution in [-0.4, -0.2) is 50.6 Å². The molecule has 3 atom stereocenters. The number of piperidine rings is 1. The highest BCUT2D eigenvalue weighted by Gasteiger charge is 2.48. The van der Waals surface area contributed by atoms with Gasteiger partial charge < -0.3 is 15.0 Å². The third-order valence-corrected chi connectivity index (χ3v) is 10.2. The van der Waals surface area contributed by atoms with E-state index >= 15 is 0 Å². The highest BCUT2D eigenvalue weighted by atomic mass is 16.6. The van der Waals surface area contributed by atoms with Crippen LogP contribution in [0, 0.1) is 5.92 Å². The van der Waals surface area contributed by atoms with Crippen LogP contribution in [0.15, 0.2) is 54.9 Å². The van der Waals surface area contributed by atoms with E-state index in [4.69, 9.17) is 14.7 Å². The molecule has 1 aromatic heterocycles. The summed E-state index contributed by atoms with van der Waals surface area (Å²) in [5.41, 5.74) is 8.38. The van der Waals surface area contributed by atoms with Gasteiger partial charge in [0.05, 0.1) is 11.7 Å². The number of anilines is 1. The lowest BCUT2D eigenvalue weighted by Gasteiger charge is -2.46. The summed E-state index contributed by atoms with van der Waals surface area (Å²) in [6, 6.07) is 17.6. The molecule has 3 aliphatic rings. The maximum absolute atomic E-state index is 13.4. The number of ether oxygens (including phenoxy) is 1. The highest BCUT2D eigenvalue weighted by molar-refractivity contribution is 5.70. The Labute approximate surface area is 269 Å². The Hall–Kier alpha value is -3.45. The van der Waals surface area contributed by atoms with E-state index in [1.807, 2.05) is 32.0 Å². The Morgan fingerprint density at radius 3 is 2.58 bits per heavy atom. The zero-order valence-electron chi connectivity index (χ0n) is 28.3. The van der Waals surface area contributed by atoms with Crippen molar-refractivity contribution in [3.8, 4) is 0 Å². The maximum Gasteiger partial charge on any atom is 0.410 e. The average molecular weight is 610 g/mol. The number of carbonyl (C=O) groups is 1. The first-order valence-electron chi connectivity index (χ1n) is 16.9. The summed E-state index contributed by atoms with van der Waals surface area (Å²) >= 11 is 0. The molecule has 0 radical (unpaired) electrons. The van der Waals surface area contributed by atoms with Gasteiger partial charge in [-0.25, -0.2) is 14.8 Å². The van der Waals surface area contributed by atoms with Gasteiger partial charge >= 0.3 is 6.09 Å². The van der Waals surface area contributed by atoms with Crippen LogP contribution in [0.4, 0.5) is 10.5 Å². The van der Waals surface area contributed by atoms with Crippen molar-refractivity contribution in [3.63, 3.8) is 0 Å². The van der Waals surface area contributed by atoms with Gasteiger partial charge in [-0.2, -0.15) is 0 Å². The van der Waals surface area contributed by atoms with Crippen molar-refractivity contribution >= 4 is 11.8 Å². The number of benzene rings is 2. The lowest BCUT2D eigenvalue weighted by atomic mass is 9.69. The summed E-state index contributed by atoms with van der Waals surface area (Å²) in [6.07, 6.45) is 5.75. The van der Waals surface area contributed by atoms with E-state index in [0.29, 0.717) is 18.4 Å². The summed E-state index contributed by atoms with van der Waals surface area (Å²) in [6.45, 7) is 17.9. The third-order valence-electron chi connectivity index (χ3n) is 10.2. The molecule has 240 valence electrons. The van der Waals surface area contributed by atoms with Gasteiger partial charge in [0.15, 0.2) is 0 Å². The summed E-state index contributed by atoms with van der Waals surface area (Å²) in [5, 5.41) is 3.80. The number of fused-ring (bicyclic) bond motifs is 3. The van der Waals surface area contributed by atoms with E-state index < -0.39 is 5.60 Å². The molecule has 7 heteroatoms. The molecule has 6 rings (SSSR count). The Bertz CT molecular complexity index is 1510. The van der Waals surface area contributed by atoms with Crippen LogP contribution in [0.25, 0.3) is 0 Å². The van der Waals surface area contributed by atoms with Gasteiger partial charge in [0.25, 0.3) is 0 Å². The van der Waals surface area contributed by atoms with Crippen molar-refractivity contribution in [2.24, 2.45) is 5.92 Å². The predicted molar refractivity (Wildman–Crippen MR) is 180 cm³/mol. The van der Waals surface area contributed by atoms with Gasteiger partial charge in [-0.1, -0.05) is 56.3 Å². The molecule has 2 aromatic carbocycles. The average Bonchev–Trinajstić information content (AvgIpc) is 3.59. The molecule has 1 spiro atoms. The largest absolute Gasteiger partial charge is 0.444 e. The Kier molecular flexibility index (Phi) is 8.68. The van der Waals surface area contributed by atoms with Crippen molar-refractivity contribution in [3.05, 3.63) is 88.5 Å². The second-order valence-corrected chi connectivity index (χ2v) is 15.1. The molecule has 1 amide bonds. The predicted octanol–water partition coefficient (Wildman–Crippen LogP) is 8.01. The minimum Gasteiger partial charge on any atom is -0.444 e. The molecule has 2 aliphatic heterocycles. The van der Waals surface area contributed by atoms with E-state index in [1.165, 1.54) is 39.3 Å². The Morgan fingerprint density at radius 1 is 1.09 bits per heavy atom. The minimum atomic E-state index is -0.546. The van der Waals surface area contributed by atoms with Crippen LogP contribution in [0.1, 0.15) is 113 Å². The molecule has 1 saturated heterocycles. The van der Waals surface area contributed by atoms with Crippen molar-refractivity contribution in [2.45, 2.75) is 116 Å². The number of aryl methyl sites for hydroxylation is 1. The molecule has 1 fully saturated rings. The van der Waals surface area contributed by atoms with Crippen LogP contribution in [0.5, 0.6) is 0 Å². The third kappa shape index (κ3) is 6.33.